The minimum atomic E-state index is -0.125. The molecule has 1 amide bonds. The maximum atomic E-state index is 12.8. The predicted octanol–water partition coefficient (Wildman–Crippen LogP) is 2.80. The molecule has 154 valence electrons. The van der Waals surface area contributed by atoms with Crippen LogP contribution in [0.3, 0.4) is 0 Å². The molecule has 1 saturated carbocycles. The highest BCUT2D eigenvalue weighted by molar-refractivity contribution is 6.35. The number of carbonyl (C=O) groups excluding carboxylic acids is 1. The van der Waals surface area contributed by atoms with E-state index in [9.17, 15) is 4.79 Å². The van der Waals surface area contributed by atoms with E-state index in [4.69, 9.17) is 22.1 Å². The van der Waals surface area contributed by atoms with Crippen LogP contribution in [0, 0.1) is 23.7 Å². The summed E-state index contributed by atoms with van der Waals surface area (Å²) in [6.07, 6.45) is 4.06. The highest BCUT2D eigenvalue weighted by Crippen LogP contribution is 2.51. The molecule has 1 aliphatic carbocycles. The summed E-state index contributed by atoms with van der Waals surface area (Å²) in [4.78, 5) is 19.8. The summed E-state index contributed by atoms with van der Waals surface area (Å²) in [5.74, 6) is 2.70. The lowest BCUT2D eigenvalue weighted by Gasteiger charge is -2.28. The molecular weight excluding hydrogens is 388 g/mol. The Kier molecular flexibility index (Phi) is 5.10. The van der Waals surface area contributed by atoms with E-state index >= 15 is 0 Å². The van der Waals surface area contributed by atoms with E-state index in [1.54, 1.807) is 18.3 Å². The third-order valence-corrected chi connectivity index (χ3v) is 7.24. The molecule has 29 heavy (non-hydrogen) atoms. The van der Waals surface area contributed by atoms with E-state index in [0.29, 0.717) is 27.7 Å². The van der Waals surface area contributed by atoms with Gasteiger partial charge in [-0.1, -0.05) is 11.6 Å². The monoisotopic (exact) mass is 414 g/mol. The van der Waals surface area contributed by atoms with Crippen molar-refractivity contribution in [1.29, 1.82) is 0 Å². The van der Waals surface area contributed by atoms with Crippen molar-refractivity contribution >= 4 is 34.1 Å². The van der Waals surface area contributed by atoms with Crippen molar-refractivity contribution in [3.63, 3.8) is 0 Å². The number of rotatable bonds is 5. The van der Waals surface area contributed by atoms with Gasteiger partial charge >= 0.3 is 0 Å². The predicted molar refractivity (Wildman–Crippen MR) is 114 cm³/mol. The van der Waals surface area contributed by atoms with Crippen LogP contribution < -0.4 is 11.1 Å². The number of piperidine rings is 1. The van der Waals surface area contributed by atoms with Gasteiger partial charge in [0.05, 0.1) is 21.8 Å². The molecule has 6 nitrogen and oxygen atoms in total. The average molecular weight is 415 g/mol. The molecule has 0 bridgehead atoms. The Morgan fingerprint density at radius 3 is 2.83 bits per heavy atom. The van der Waals surface area contributed by atoms with Crippen LogP contribution in [0.1, 0.15) is 23.2 Å². The first-order valence-electron chi connectivity index (χ1n) is 10.5. The standard InChI is InChI=1S/C22H27ClN4O2/c23-19-8-15(21-14(20(19)24)2-1-5-25-21)22(28)26-9-16-17-11-27(12-18(16)17)10-13-3-6-29-7-4-13/h1-2,5,8,13,16-18H,3-4,6-7,9-12,24H2,(H,26,28). The Bertz CT molecular complexity index is 918. The molecule has 2 unspecified atom stereocenters. The molecule has 2 aromatic rings. The van der Waals surface area contributed by atoms with Crippen LogP contribution in [0.5, 0.6) is 0 Å². The summed E-state index contributed by atoms with van der Waals surface area (Å²) in [5.41, 5.74) is 7.61. The Morgan fingerprint density at radius 1 is 1.31 bits per heavy atom. The van der Waals surface area contributed by atoms with Crippen LogP contribution in [0.25, 0.3) is 10.9 Å². The molecular formula is C22H27ClN4O2. The molecule has 1 aromatic heterocycles. The summed E-state index contributed by atoms with van der Waals surface area (Å²) >= 11 is 6.24. The lowest BCUT2D eigenvalue weighted by atomic mass is 9.99. The summed E-state index contributed by atoms with van der Waals surface area (Å²) in [5, 5.41) is 4.22. The van der Waals surface area contributed by atoms with Crippen molar-refractivity contribution in [3.8, 4) is 0 Å². The summed E-state index contributed by atoms with van der Waals surface area (Å²) in [6, 6.07) is 5.28. The van der Waals surface area contributed by atoms with E-state index < -0.39 is 0 Å². The van der Waals surface area contributed by atoms with Crippen LogP contribution in [0.15, 0.2) is 24.4 Å². The van der Waals surface area contributed by atoms with E-state index in [-0.39, 0.29) is 5.91 Å². The van der Waals surface area contributed by atoms with Crippen LogP contribution in [-0.2, 0) is 4.74 Å². The zero-order valence-electron chi connectivity index (χ0n) is 16.4. The normalized spacial score (nSPS) is 27.1. The third-order valence-electron chi connectivity index (χ3n) is 6.93. The second kappa shape index (κ2) is 7.74. The van der Waals surface area contributed by atoms with Gasteiger partial charge in [0.15, 0.2) is 0 Å². The molecule has 3 N–H and O–H groups in total. The fraction of sp³-hybridized carbons (Fsp3) is 0.545. The van der Waals surface area contributed by atoms with Gasteiger partial charge in [-0.2, -0.15) is 0 Å². The number of nitrogens with two attached hydrogens (primary N) is 1. The van der Waals surface area contributed by atoms with Gasteiger partial charge in [0.2, 0.25) is 0 Å². The number of ether oxygens (including phenoxy) is 1. The van der Waals surface area contributed by atoms with Crippen LogP contribution in [0.4, 0.5) is 5.69 Å². The number of benzene rings is 1. The lowest BCUT2D eigenvalue weighted by Crippen LogP contribution is -2.34. The number of hydrogen-bond acceptors (Lipinski definition) is 5. The topological polar surface area (TPSA) is 80.5 Å². The van der Waals surface area contributed by atoms with Gasteiger partial charge < -0.3 is 20.7 Å². The quantitative estimate of drug-likeness (QED) is 0.735. The van der Waals surface area contributed by atoms with E-state index in [0.717, 1.165) is 42.9 Å². The van der Waals surface area contributed by atoms with Crippen molar-refractivity contribution in [2.24, 2.45) is 23.7 Å². The molecule has 1 aromatic carbocycles. The highest BCUT2D eigenvalue weighted by Gasteiger charge is 2.55. The van der Waals surface area contributed by atoms with Crippen molar-refractivity contribution in [1.82, 2.24) is 15.2 Å². The maximum absolute atomic E-state index is 12.8. The van der Waals surface area contributed by atoms with Crippen molar-refractivity contribution in [3.05, 3.63) is 35.0 Å². The molecule has 5 rings (SSSR count). The van der Waals surface area contributed by atoms with Crippen LogP contribution in [0.2, 0.25) is 5.02 Å². The molecule has 3 heterocycles. The van der Waals surface area contributed by atoms with Crippen LogP contribution in [-0.4, -0.2) is 55.2 Å². The fourth-order valence-corrected chi connectivity index (χ4v) is 5.41. The summed E-state index contributed by atoms with van der Waals surface area (Å²) in [6.45, 7) is 6.09. The Balaban J connectivity index is 1.16. The Morgan fingerprint density at radius 2 is 2.07 bits per heavy atom. The zero-order chi connectivity index (χ0) is 20.0. The third kappa shape index (κ3) is 3.69. The molecule has 2 saturated heterocycles. The number of nitrogen functional groups attached to an aromatic ring is 1. The number of halogens is 1. The first-order valence-corrected chi connectivity index (χ1v) is 10.9. The van der Waals surface area contributed by atoms with Crippen molar-refractivity contribution in [2.75, 3.05) is 45.1 Å². The average Bonchev–Trinajstić information content (AvgIpc) is 3.20. The van der Waals surface area contributed by atoms with Gasteiger partial charge in [0.1, 0.15) is 0 Å². The first kappa shape index (κ1) is 19.1. The van der Waals surface area contributed by atoms with Gasteiger partial charge in [-0.25, -0.2) is 0 Å². The smallest absolute Gasteiger partial charge is 0.253 e. The minimum absolute atomic E-state index is 0.125. The number of likely N-dealkylation sites (tertiary alicyclic amines) is 1. The number of anilines is 1. The number of carbonyl (C=O) groups is 1. The largest absolute Gasteiger partial charge is 0.397 e. The van der Waals surface area contributed by atoms with Crippen LogP contribution >= 0.6 is 11.6 Å². The number of amides is 1. The van der Waals surface area contributed by atoms with E-state index in [1.807, 2.05) is 6.07 Å². The number of nitrogens with one attached hydrogen (secondary N) is 1. The second-order valence-electron chi connectivity index (χ2n) is 8.70. The molecule has 2 atom stereocenters. The lowest BCUT2D eigenvalue weighted by molar-refractivity contribution is 0.0535. The van der Waals surface area contributed by atoms with Gasteiger partial charge in [-0.05, 0) is 54.7 Å². The van der Waals surface area contributed by atoms with Gasteiger partial charge in [-0.3, -0.25) is 9.78 Å². The number of pyridine rings is 1. The molecule has 0 spiro atoms. The maximum Gasteiger partial charge on any atom is 0.253 e. The van der Waals surface area contributed by atoms with Gasteiger partial charge in [-0.15, -0.1) is 0 Å². The van der Waals surface area contributed by atoms with Gasteiger partial charge in [0.25, 0.3) is 5.91 Å². The summed E-state index contributed by atoms with van der Waals surface area (Å²) < 4.78 is 5.46. The Labute approximate surface area is 175 Å². The number of hydrogen-bond donors (Lipinski definition) is 2. The summed E-state index contributed by atoms with van der Waals surface area (Å²) in [7, 11) is 0. The molecule has 2 aliphatic heterocycles. The number of nitrogens with zero attached hydrogens (tertiary/aromatic N) is 2. The molecule has 3 fully saturated rings. The van der Waals surface area contributed by atoms with E-state index in [1.165, 1.54) is 32.5 Å². The Hall–Kier alpha value is -1.89. The van der Waals surface area contributed by atoms with E-state index in [2.05, 4.69) is 15.2 Å². The SMILES string of the molecule is Nc1c(Cl)cc(C(=O)NCC2C3CN(CC4CCOCC4)CC23)c2ncccc12. The minimum Gasteiger partial charge on any atom is -0.397 e. The first-order chi connectivity index (χ1) is 14.1. The zero-order valence-corrected chi connectivity index (χ0v) is 17.2. The molecule has 7 heteroatoms. The molecule has 0 radical (unpaired) electrons. The second-order valence-corrected chi connectivity index (χ2v) is 9.10. The fourth-order valence-electron chi connectivity index (χ4n) is 5.20. The van der Waals surface area contributed by atoms with Crippen molar-refractivity contribution < 1.29 is 9.53 Å². The van der Waals surface area contributed by atoms with Crippen molar-refractivity contribution in [2.45, 2.75) is 12.8 Å². The molecule has 3 aliphatic rings. The number of fused-ring (bicyclic) bond motifs is 2. The highest BCUT2D eigenvalue weighted by atomic mass is 35.5. The van der Waals surface area contributed by atoms with Gasteiger partial charge in [0, 0.05) is 51.0 Å². The number of aromatic nitrogens is 1.